The number of benzene rings is 1. The summed E-state index contributed by atoms with van der Waals surface area (Å²) in [6.45, 7) is 1.60. The predicted octanol–water partition coefficient (Wildman–Crippen LogP) is 3.38. The van der Waals surface area contributed by atoms with E-state index in [1.165, 1.54) is 4.90 Å². The summed E-state index contributed by atoms with van der Waals surface area (Å²) in [5.74, 6) is 2.28. The molecule has 1 saturated heterocycles. The third-order valence-corrected chi connectivity index (χ3v) is 6.34. The highest BCUT2D eigenvalue weighted by atomic mass is 32.2. The van der Waals surface area contributed by atoms with Gasteiger partial charge in [-0.2, -0.15) is 0 Å². The highest BCUT2D eigenvalue weighted by Crippen LogP contribution is 2.38. The number of carbonyl (C=O) groups excluding carboxylic acids is 1. The van der Waals surface area contributed by atoms with Gasteiger partial charge in [0.1, 0.15) is 0 Å². The van der Waals surface area contributed by atoms with E-state index in [0.717, 1.165) is 37.2 Å². The maximum absolute atomic E-state index is 12.9. The molecule has 1 aliphatic carbocycles. The van der Waals surface area contributed by atoms with Crippen molar-refractivity contribution >= 4 is 17.7 Å². The number of thioether (sulfide) groups is 1. The average molecular weight is 342 g/mol. The quantitative estimate of drug-likeness (QED) is 0.866. The molecule has 4 nitrogen and oxygen atoms in total. The van der Waals surface area contributed by atoms with Crippen molar-refractivity contribution in [2.75, 3.05) is 13.1 Å². The van der Waals surface area contributed by atoms with Crippen LogP contribution in [-0.2, 0) is 5.75 Å². The van der Waals surface area contributed by atoms with Crippen LogP contribution in [0, 0.1) is 11.8 Å². The number of nitrogens with two attached hydrogens (primary N) is 1. The standard InChI is InChI=1S/C19H22N2O2S/c20-17-7-6-13-10-21(11-16(13)17)19(22)18-14(8-9-23-18)12-24-15-4-2-1-3-5-15/h1-5,8-9,13,16-17H,6-7,10-12,20H2. The van der Waals surface area contributed by atoms with E-state index in [9.17, 15) is 4.79 Å². The van der Waals surface area contributed by atoms with Gasteiger partial charge in [-0.3, -0.25) is 4.79 Å². The minimum absolute atomic E-state index is 0.0188. The molecule has 1 aromatic carbocycles. The van der Waals surface area contributed by atoms with Crippen molar-refractivity contribution in [3.63, 3.8) is 0 Å². The molecule has 0 spiro atoms. The van der Waals surface area contributed by atoms with Crippen LogP contribution < -0.4 is 5.73 Å². The minimum Gasteiger partial charge on any atom is -0.459 e. The molecule has 2 aromatic rings. The fourth-order valence-electron chi connectivity index (χ4n) is 3.93. The van der Waals surface area contributed by atoms with Crippen molar-refractivity contribution in [2.24, 2.45) is 17.6 Å². The Labute approximate surface area is 146 Å². The molecule has 2 aliphatic rings. The number of likely N-dealkylation sites (tertiary alicyclic amines) is 1. The van der Waals surface area contributed by atoms with Crippen molar-refractivity contribution in [3.8, 4) is 0 Å². The van der Waals surface area contributed by atoms with Crippen LogP contribution in [0.3, 0.4) is 0 Å². The van der Waals surface area contributed by atoms with E-state index in [-0.39, 0.29) is 11.9 Å². The summed E-state index contributed by atoms with van der Waals surface area (Å²) in [6.07, 6.45) is 3.86. The second kappa shape index (κ2) is 6.65. The molecule has 1 saturated carbocycles. The molecule has 0 radical (unpaired) electrons. The van der Waals surface area contributed by atoms with Gasteiger partial charge in [-0.25, -0.2) is 0 Å². The lowest BCUT2D eigenvalue weighted by atomic mass is 9.98. The van der Waals surface area contributed by atoms with Crippen molar-refractivity contribution in [1.29, 1.82) is 0 Å². The van der Waals surface area contributed by atoms with Crippen LogP contribution in [0.25, 0.3) is 0 Å². The van der Waals surface area contributed by atoms with E-state index in [0.29, 0.717) is 17.6 Å². The highest BCUT2D eigenvalue weighted by molar-refractivity contribution is 7.98. The van der Waals surface area contributed by atoms with Gasteiger partial charge in [0.25, 0.3) is 5.91 Å². The van der Waals surface area contributed by atoms with Crippen molar-refractivity contribution in [1.82, 2.24) is 4.90 Å². The molecule has 24 heavy (non-hydrogen) atoms. The van der Waals surface area contributed by atoms with Crippen LogP contribution in [0.4, 0.5) is 0 Å². The van der Waals surface area contributed by atoms with Gasteiger partial charge < -0.3 is 15.1 Å². The van der Waals surface area contributed by atoms with Crippen molar-refractivity contribution in [2.45, 2.75) is 29.5 Å². The zero-order chi connectivity index (χ0) is 16.5. The Hall–Kier alpha value is -1.72. The molecule has 2 N–H and O–H groups in total. The zero-order valence-electron chi connectivity index (χ0n) is 13.6. The van der Waals surface area contributed by atoms with Gasteiger partial charge in [0.05, 0.1) is 6.26 Å². The number of carbonyl (C=O) groups is 1. The molecule has 1 aliphatic heterocycles. The van der Waals surface area contributed by atoms with Crippen molar-refractivity contribution in [3.05, 3.63) is 54.0 Å². The summed E-state index contributed by atoms with van der Waals surface area (Å²) in [4.78, 5) is 16.0. The Bertz CT molecular complexity index is 715. The van der Waals surface area contributed by atoms with Gasteiger partial charge in [0, 0.05) is 35.3 Å². The molecule has 126 valence electrons. The van der Waals surface area contributed by atoms with Crippen LogP contribution >= 0.6 is 11.8 Å². The normalized spacial score (nSPS) is 25.9. The lowest BCUT2D eigenvalue weighted by Gasteiger charge is -2.18. The van der Waals surface area contributed by atoms with Gasteiger partial charge in [-0.15, -0.1) is 11.8 Å². The van der Waals surface area contributed by atoms with Gasteiger partial charge in [0.2, 0.25) is 0 Å². The number of rotatable bonds is 4. The topological polar surface area (TPSA) is 59.5 Å². The minimum atomic E-state index is 0.0188. The average Bonchev–Trinajstić information content (AvgIpc) is 3.31. The van der Waals surface area contributed by atoms with Gasteiger partial charge >= 0.3 is 0 Å². The SMILES string of the molecule is NC1CCC2CN(C(=O)c3occc3CSc3ccccc3)CC12. The molecule has 0 bridgehead atoms. The number of nitrogens with zero attached hydrogens (tertiary/aromatic N) is 1. The molecular formula is C19H22N2O2S. The fourth-order valence-corrected chi connectivity index (χ4v) is 4.83. The van der Waals surface area contributed by atoms with E-state index < -0.39 is 0 Å². The molecule has 5 heteroatoms. The Morgan fingerprint density at radius 3 is 2.83 bits per heavy atom. The molecule has 2 fully saturated rings. The molecular weight excluding hydrogens is 320 g/mol. The summed E-state index contributed by atoms with van der Waals surface area (Å²) < 4.78 is 5.54. The molecule has 3 unspecified atom stereocenters. The van der Waals surface area contributed by atoms with E-state index in [2.05, 4.69) is 12.1 Å². The highest BCUT2D eigenvalue weighted by Gasteiger charge is 2.43. The molecule has 4 rings (SSSR count). The van der Waals surface area contributed by atoms with E-state index in [1.807, 2.05) is 29.2 Å². The third-order valence-electron chi connectivity index (χ3n) is 5.28. The molecule has 2 heterocycles. The van der Waals surface area contributed by atoms with Crippen LogP contribution in [0.5, 0.6) is 0 Å². The van der Waals surface area contributed by atoms with Crippen LogP contribution in [0.2, 0.25) is 0 Å². The molecule has 3 atom stereocenters. The predicted molar refractivity (Wildman–Crippen MR) is 94.8 cm³/mol. The first-order chi connectivity index (χ1) is 11.7. The number of furan rings is 1. The van der Waals surface area contributed by atoms with Gasteiger partial charge in [-0.05, 0) is 42.9 Å². The second-order valence-corrected chi connectivity index (χ2v) is 7.80. The Morgan fingerprint density at radius 2 is 2.04 bits per heavy atom. The van der Waals surface area contributed by atoms with Crippen molar-refractivity contribution < 1.29 is 9.21 Å². The first kappa shape index (κ1) is 15.8. The number of fused-ring (bicyclic) bond motifs is 1. The number of hydrogen-bond acceptors (Lipinski definition) is 4. The number of hydrogen-bond donors (Lipinski definition) is 1. The summed E-state index contributed by atoms with van der Waals surface area (Å²) in [5, 5.41) is 0. The third kappa shape index (κ3) is 2.98. The zero-order valence-corrected chi connectivity index (χ0v) is 14.4. The maximum atomic E-state index is 12.9. The van der Waals surface area contributed by atoms with E-state index in [4.69, 9.17) is 10.2 Å². The van der Waals surface area contributed by atoms with Crippen LogP contribution in [-0.4, -0.2) is 29.9 Å². The molecule has 1 amide bonds. The maximum Gasteiger partial charge on any atom is 0.289 e. The van der Waals surface area contributed by atoms with Crippen LogP contribution in [0.15, 0.2) is 52.0 Å². The smallest absolute Gasteiger partial charge is 0.289 e. The summed E-state index contributed by atoms with van der Waals surface area (Å²) in [7, 11) is 0. The lowest BCUT2D eigenvalue weighted by Crippen LogP contribution is -2.33. The van der Waals surface area contributed by atoms with E-state index in [1.54, 1.807) is 18.0 Å². The second-order valence-electron chi connectivity index (χ2n) is 6.75. The Balaban J connectivity index is 1.43. The summed E-state index contributed by atoms with van der Waals surface area (Å²) >= 11 is 1.72. The largest absolute Gasteiger partial charge is 0.459 e. The number of amides is 1. The first-order valence-electron chi connectivity index (χ1n) is 8.51. The summed E-state index contributed by atoms with van der Waals surface area (Å²) in [5.41, 5.74) is 7.15. The van der Waals surface area contributed by atoms with Crippen LogP contribution in [0.1, 0.15) is 29.0 Å². The Kier molecular flexibility index (Phi) is 4.37. The van der Waals surface area contributed by atoms with Gasteiger partial charge in [-0.1, -0.05) is 18.2 Å². The summed E-state index contributed by atoms with van der Waals surface area (Å²) in [6, 6.07) is 12.4. The lowest BCUT2D eigenvalue weighted by molar-refractivity contribution is 0.0747. The van der Waals surface area contributed by atoms with E-state index >= 15 is 0 Å². The first-order valence-corrected chi connectivity index (χ1v) is 9.50. The molecule has 1 aromatic heterocycles. The monoisotopic (exact) mass is 342 g/mol. The van der Waals surface area contributed by atoms with Gasteiger partial charge in [0.15, 0.2) is 5.76 Å². The Morgan fingerprint density at radius 1 is 1.21 bits per heavy atom. The fraction of sp³-hybridized carbons (Fsp3) is 0.421.